The lowest BCUT2D eigenvalue weighted by Crippen LogP contribution is -2.36. The van der Waals surface area contributed by atoms with E-state index in [0.717, 1.165) is 24.4 Å². The van der Waals surface area contributed by atoms with Crippen molar-refractivity contribution in [3.8, 4) is 0 Å². The monoisotopic (exact) mass is 260 g/mol. The normalized spacial score (nSPS) is 23.6. The number of nitro benzene ring substituents is 1. The van der Waals surface area contributed by atoms with E-state index in [0.29, 0.717) is 6.04 Å². The molecule has 1 fully saturated rings. The van der Waals surface area contributed by atoms with Crippen molar-refractivity contribution in [1.29, 1.82) is 0 Å². The summed E-state index contributed by atoms with van der Waals surface area (Å²) in [5.41, 5.74) is 1.03. The zero-order chi connectivity index (χ0) is 13.7. The maximum atomic E-state index is 10.7. The summed E-state index contributed by atoms with van der Waals surface area (Å²) in [6.07, 6.45) is 7.73. The third kappa shape index (κ3) is 3.89. The van der Waals surface area contributed by atoms with E-state index in [-0.39, 0.29) is 10.6 Å². The van der Waals surface area contributed by atoms with Crippen LogP contribution in [0.2, 0.25) is 0 Å². The molecule has 0 bridgehead atoms. The van der Waals surface area contributed by atoms with Crippen LogP contribution >= 0.6 is 0 Å². The topological polar surface area (TPSA) is 55.2 Å². The van der Waals surface area contributed by atoms with Gasteiger partial charge in [0, 0.05) is 18.2 Å². The van der Waals surface area contributed by atoms with E-state index < -0.39 is 0 Å². The van der Waals surface area contributed by atoms with Gasteiger partial charge in [0.1, 0.15) is 0 Å². The number of nitro groups is 1. The summed E-state index contributed by atoms with van der Waals surface area (Å²) in [5, 5.41) is 14.2. The van der Waals surface area contributed by atoms with E-state index in [4.69, 9.17) is 0 Å². The minimum Gasteiger partial charge on any atom is -0.310 e. The quantitative estimate of drug-likeness (QED) is 0.667. The zero-order valence-electron chi connectivity index (χ0n) is 11.2. The van der Waals surface area contributed by atoms with Crippen molar-refractivity contribution in [3.05, 3.63) is 46.0 Å². The second-order valence-corrected chi connectivity index (χ2v) is 5.07. The molecular weight excluding hydrogens is 240 g/mol. The van der Waals surface area contributed by atoms with Crippen molar-refractivity contribution in [2.45, 2.75) is 32.2 Å². The molecule has 19 heavy (non-hydrogen) atoms. The number of rotatable bonds is 4. The summed E-state index contributed by atoms with van der Waals surface area (Å²) < 4.78 is 0. The van der Waals surface area contributed by atoms with Crippen molar-refractivity contribution >= 4 is 11.8 Å². The molecule has 1 aromatic rings. The van der Waals surface area contributed by atoms with Gasteiger partial charge in [-0.2, -0.15) is 0 Å². The molecule has 0 saturated carbocycles. The van der Waals surface area contributed by atoms with Crippen molar-refractivity contribution in [2.75, 3.05) is 6.54 Å². The first-order chi connectivity index (χ1) is 9.19. The van der Waals surface area contributed by atoms with E-state index in [2.05, 4.69) is 18.3 Å². The molecule has 0 radical (unpaired) electrons. The van der Waals surface area contributed by atoms with E-state index >= 15 is 0 Å². The molecule has 1 aliphatic heterocycles. The summed E-state index contributed by atoms with van der Waals surface area (Å²) in [5.74, 6) is 0.793. The average molecular weight is 260 g/mol. The molecule has 1 N–H and O–H groups in total. The van der Waals surface area contributed by atoms with E-state index in [1.807, 2.05) is 12.1 Å². The zero-order valence-corrected chi connectivity index (χ0v) is 11.2. The molecule has 0 amide bonds. The van der Waals surface area contributed by atoms with Crippen LogP contribution in [0.4, 0.5) is 5.69 Å². The fraction of sp³-hybridized carbons (Fsp3) is 0.467. The van der Waals surface area contributed by atoms with Gasteiger partial charge < -0.3 is 5.32 Å². The highest BCUT2D eigenvalue weighted by atomic mass is 16.6. The highest BCUT2D eigenvalue weighted by molar-refractivity contribution is 5.53. The molecule has 0 spiro atoms. The number of non-ortho nitro benzene ring substituents is 1. The molecule has 102 valence electrons. The Bertz CT molecular complexity index is 471. The lowest BCUT2D eigenvalue weighted by atomic mass is 9.90. The van der Waals surface area contributed by atoms with Crippen molar-refractivity contribution < 1.29 is 4.92 Å². The number of hydrogen-bond donors (Lipinski definition) is 1. The molecule has 4 nitrogen and oxygen atoms in total. The standard InChI is InChI=1S/C15H20N2O2/c1-2-12-8-9-16-14(10-12)7-6-13-4-3-5-15(11-13)17(18)19/h3-7,11-12,14,16H,2,8-10H2,1H3/b7-6+. The molecule has 0 aromatic heterocycles. The third-order valence-corrected chi connectivity index (χ3v) is 3.73. The average Bonchev–Trinajstić information content (AvgIpc) is 2.45. The Hall–Kier alpha value is -1.68. The van der Waals surface area contributed by atoms with Crippen molar-refractivity contribution in [3.63, 3.8) is 0 Å². The summed E-state index contributed by atoms with van der Waals surface area (Å²) in [4.78, 5) is 10.4. The first-order valence-electron chi connectivity index (χ1n) is 6.85. The molecule has 1 aromatic carbocycles. The molecule has 4 heteroatoms. The Morgan fingerprint density at radius 1 is 1.53 bits per heavy atom. The maximum absolute atomic E-state index is 10.7. The maximum Gasteiger partial charge on any atom is 0.270 e. The predicted octanol–water partition coefficient (Wildman–Crippen LogP) is 3.39. The smallest absolute Gasteiger partial charge is 0.270 e. The Kier molecular flexibility index (Phi) is 4.68. The minimum atomic E-state index is -0.358. The van der Waals surface area contributed by atoms with Gasteiger partial charge in [0.2, 0.25) is 0 Å². The van der Waals surface area contributed by atoms with Crippen LogP contribution in [0.15, 0.2) is 30.3 Å². The molecule has 1 heterocycles. The van der Waals surface area contributed by atoms with Gasteiger partial charge in [-0.1, -0.05) is 37.6 Å². The second kappa shape index (κ2) is 6.48. The Balaban J connectivity index is 2.01. The second-order valence-electron chi connectivity index (χ2n) is 5.07. The van der Waals surface area contributed by atoms with Gasteiger partial charge in [-0.25, -0.2) is 0 Å². The lowest BCUT2D eigenvalue weighted by Gasteiger charge is -2.27. The molecule has 0 aliphatic carbocycles. The summed E-state index contributed by atoms with van der Waals surface area (Å²) >= 11 is 0. The van der Waals surface area contributed by atoms with Gasteiger partial charge in [0.15, 0.2) is 0 Å². The summed E-state index contributed by atoms with van der Waals surface area (Å²) in [6.45, 7) is 3.29. The van der Waals surface area contributed by atoms with E-state index in [1.54, 1.807) is 12.1 Å². The largest absolute Gasteiger partial charge is 0.310 e. The molecular formula is C15H20N2O2. The highest BCUT2D eigenvalue weighted by Crippen LogP contribution is 2.21. The molecule has 1 saturated heterocycles. The summed E-state index contributed by atoms with van der Waals surface area (Å²) in [6, 6.07) is 7.13. The number of hydrogen-bond acceptors (Lipinski definition) is 3. The van der Waals surface area contributed by atoms with Gasteiger partial charge in [-0.3, -0.25) is 10.1 Å². The van der Waals surface area contributed by atoms with Gasteiger partial charge in [-0.05, 0) is 30.9 Å². The van der Waals surface area contributed by atoms with Gasteiger partial charge in [0.05, 0.1) is 4.92 Å². The Morgan fingerprint density at radius 3 is 3.11 bits per heavy atom. The van der Waals surface area contributed by atoms with Gasteiger partial charge in [0.25, 0.3) is 5.69 Å². The van der Waals surface area contributed by atoms with Crippen LogP contribution in [0.25, 0.3) is 6.08 Å². The molecule has 1 aliphatic rings. The number of benzene rings is 1. The van der Waals surface area contributed by atoms with Crippen LogP contribution < -0.4 is 5.32 Å². The SMILES string of the molecule is CCC1CCNC(/C=C/c2cccc([N+](=O)[O-])c2)C1. The lowest BCUT2D eigenvalue weighted by molar-refractivity contribution is -0.384. The van der Waals surface area contributed by atoms with Crippen LogP contribution in [-0.2, 0) is 0 Å². The van der Waals surface area contributed by atoms with E-state index in [1.165, 1.54) is 18.9 Å². The summed E-state index contributed by atoms with van der Waals surface area (Å²) in [7, 11) is 0. The van der Waals surface area contributed by atoms with Gasteiger partial charge in [-0.15, -0.1) is 0 Å². The van der Waals surface area contributed by atoms with Crippen LogP contribution in [0.5, 0.6) is 0 Å². The van der Waals surface area contributed by atoms with Crippen LogP contribution in [0, 0.1) is 16.0 Å². The number of nitrogens with zero attached hydrogens (tertiary/aromatic N) is 1. The van der Waals surface area contributed by atoms with Crippen molar-refractivity contribution in [2.24, 2.45) is 5.92 Å². The van der Waals surface area contributed by atoms with E-state index in [9.17, 15) is 10.1 Å². The fourth-order valence-corrected chi connectivity index (χ4v) is 2.52. The Morgan fingerprint density at radius 2 is 2.37 bits per heavy atom. The first-order valence-corrected chi connectivity index (χ1v) is 6.85. The molecule has 2 unspecified atom stereocenters. The van der Waals surface area contributed by atoms with Crippen LogP contribution in [0.1, 0.15) is 31.7 Å². The minimum absolute atomic E-state index is 0.144. The van der Waals surface area contributed by atoms with Crippen LogP contribution in [0.3, 0.4) is 0 Å². The molecule has 2 rings (SSSR count). The van der Waals surface area contributed by atoms with Crippen molar-refractivity contribution in [1.82, 2.24) is 5.32 Å². The first kappa shape index (κ1) is 13.7. The molecule has 2 atom stereocenters. The number of nitrogens with one attached hydrogen (secondary N) is 1. The van der Waals surface area contributed by atoms with Crippen LogP contribution in [-0.4, -0.2) is 17.5 Å². The highest BCUT2D eigenvalue weighted by Gasteiger charge is 2.17. The number of piperidine rings is 1. The Labute approximate surface area is 113 Å². The predicted molar refractivity (Wildman–Crippen MR) is 76.9 cm³/mol. The third-order valence-electron chi connectivity index (χ3n) is 3.73. The van der Waals surface area contributed by atoms with Gasteiger partial charge >= 0.3 is 0 Å². The fourth-order valence-electron chi connectivity index (χ4n) is 2.52.